The van der Waals surface area contributed by atoms with E-state index in [1.165, 1.54) is 19.3 Å². The molecule has 0 aliphatic heterocycles. The lowest BCUT2D eigenvalue weighted by molar-refractivity contribution is 0.202. The Balaban J connectivity index is 3.72. The third-order valence-corrected chi connectivity index (χ3v) is 2.04. The summed E-state index contributed by atoms with van der Waals surface area (Å²) in [6.45, 7) is 4.97. The monoisotopic (exact) mass is 206 g/mol. The minimum atomic E-state index is 0.581. The van der Waals surface area contributed by atoms with Gasteiger partial charge in [0, 0.05) is 0 Å². The third-order valence-electron chi connectivity index (χ3n) is 2.04. The van der Waals surface area contributed by atoms with E-state index in [1.54, 1.807) is 0 Å². The Hall–Kier alpha value is -1.16. The average Bonchev–Trinajstić information content (AvgIpc) is 2.25. The molecule has 0 unspecified atom stereocenters. The van der Waals surface area contributed by atoms with E-state index in [0.29, 0.717) is 6.42 Å². The number of allylic oxidation sites excluding steroid dienone is 4. The van der Waals surface area contributed by atoms with E-state index in [1.807, 2.05) is 25.2 Å². The van der Waals surface area contributed by atoms with Crippen LogP contribution in [0.5, 0.6) is 0 Å². The van der Waals surface area contributed by atoms with Gasteiger partial charge in [0.05, 0.1) is 13.0 Å². The van der Waals surface area contributed by atoms with Crippen LogP contribution < -0.4 is 0 Å². The van der Waals surface area contributed by atoms with Crippen LogP contribution in [0.2, 0.25) is 0 Å². The van der Waals surface area contributed by atoms with Crippen LogP contribution in [0, 0.1) is 12.3 Å². The van der Waals surface area contributed by atoms with Crippen molar-refractivity contribution in [3.05, 3.63) is 24.0 Å². The van der Waals surface area contributed by atoms with E-state index in [4.69, 9.17) is 11.2 Å². The first-order valence-electron chi connectivity index (χ1n) is 5.73. The van der Waals surface area contributed by atoms with E-state index in [9.17, 15) is 0 Å². The Morgan fingerprint density at radius 2 is 2.13 bits per heavy atom. The Kier molecular flexibility index (Phi) is 10.1. The molecule has 0 saturated carbocycles. The number of rotatable bonds is 8. The first kappa shape index (κ1) is 13.8. The van der Waals surface area contributed by atoms with Crippen LogP contribution in [0.4, 0.5) is 0 Å². The van der Waals surface area contributed by atoms with Gasteiger partial charge >= 0.3 is 0 Å². The van der Waals surface area contributed by atoms with E-state index in [-0.39, 0.29) is 0 Å². The molecule has 0 rings (SSSR count). The molecule has 0 spiro atoms. The molecule has 0 aromatic heterocycles. The first-order valence-corrected chi connectivity index (χ1v) is 5.73. The molecule has 0 bridgehead atoms. The fourth-order valence-corrected chi connectivity index (χ4v) is 1.19. The molecule has 0 heterocycles. The van der Waals surface area contributed by atoms with Crippen molar-refractivity contribution >= 4 is 0 Å². The molecular formula is C14H22O. The maximum atomic E-state index is 5.60. The summed E-state index contributed by atoms with van der Waals surface area (Å²) >= 11 is 0. The predicted molar refractivity (Wildman–Crippen MR) is 66.4 cm³/mol. The number of hydrogen-bond donors (Lipinski definition) is 0. The van der Waals surface area contributed by atoms with Crippen LogP contribution in [0.3, 0.4) is 0 Å². The van der Waals surface area contributed by atoms with Gasteiger partial charge in [-0.05, 0) is 19.4 Å². The smallest absolute Gasteiger partial charge is 0.108 e. The summed E-state index contributed by atoms with van der Waals surface area (Å²) in [7, 11) is 0. The lowest BCUT2D eigenvalue weighted by Gasteiger charge is -2.07. The summed E-state index contributed by atoms with van der Waals surface area (Å²) in [5.74, 6) is 3.50. The Bertz CT molecular complexity index is 230. The van der Waals surface area contributed by atoms with Gasteiger partial charge < -0.3 is 4.74 Å². The zero-order chi connectivity index (χ0) is 11.4. The molecule has 1 heteroatoms. The largest absolute Gasteiger partial charge is 0.497 e. The van der Waals surface area contributed by atoms with Crippen molar-refractivity contribution in [1.82, 2.24) is 0 Å². The summed E-state index contributed by atoms with van der Waals surface area (Å²) in [5.41, 5.74) is 0. The van der Waals surface area contributed by atoms with E-state index in [2.05, 4.69) is 12.8 Å². The molecular weight excluding hydrogens is 184 g/mol. The third kappa shape index (κ3) is 9.15. The van der Waals surface area contributed by atoms with Gasteiger partial charge in [0.2, 0.25) is 0 Å². The molecule has 0 radical (unpaired) electrons. The average molecular weight is 206 g/mol. The molecule has 0 saturated heterocycles. The summed E-state index contributed by atoms with van der Waals surface area (Å²) in [6, 6.07) is 0. The van der Waals surface area contributed by atoms with Crippen molar-refractivity contribution in [2.75, 3.05) is 6.61 Å². The Morgan fingerprint density at radius 3 is 2.73 bits per heavy atom. The van der Waals surface area contributed by atoms with Gasteiger partial charge in [-0.25, -0.2) is 0 Å². The van der Waals surface area contributed by atoms with Gasteiger partial charge in [0.25, 0.3) is 0 Å². The number of unbranched alkanes of at least 4 members (excludes halogenated alkanes) is 3. The molecule has 0 aromatic rings. The molecule has 84 valence electrons. The fourth-order valence-electron chi connectivity index (χ4n) is 1.19. The molecule has 0 amide bonds. The second-order valence-electron chi connectivity index (χ2n) is 3.45. The molecule has 0 aromatic carbocycles. The van der Waals surface area contributed by atoms with Crippen LogP contribution in [-0.2, 0) is 4.74 Å². The van der Waals surface area contributed by atoms with Gasteiger partial charge in [-0.15, -0.1) is 6.42 Å². The Labute approximate surface area is 94.2 Å². The molecule has 0 N–H and O–H groups in total. The summed E-state index contributed by atoms with van der Waals surface area (Å²) in [6.07, 6.45) is 16.6. The lowest BCUT2D eigenvalue weighted by atomic mass is 10.2. The molecule has 15 heavy (non-hydrogen) atoms. The number of terminal acetylenes is 1. The van der Waals surface area contributed by atoms with Crippen molar-refractivity contribution in [3.63, 3.8) is 0 Å². The maximum absolute atomic E-state index is 5.60. The van der Waals surface area contributed by atoms with Crippen LogP contribution in [0.1, 0.15) is 46.0 Å². The summed E-state index contributed by atoms with van der Waals surface area (Å²) < 4.78 is 5.60. The molecule has 1 nitrogen and oxygen atoms in total. The molecule has 0 atom stereocenters. The van der Waals surface area contributed by atoms with Gasteiger partial charge in [0.1, 0.15) is 5.76 Å². The highest BCUT2D eigenvalue weighted by Crippen LogP contribution is 2.06. The SMILES string of the molecule is C#CC/C(=C\C=C/C)OCCCCCC. The van der Waals surface area contributed by atoms with Crippen LogP contribution in [0.15, 0.2) is 24.0 Å². The van der Waals surface area contributed by atoms with Crippen LogP contribution in [0.25, 0.3) is 0 Å². The topological polar surface area (TPSA) is 9.23 Å². The van der Waals surface area contributed by atoms with Crippen molar-refractivity contribution in [3.8, 4) is 12.3 Å². The highest BCUT2D eigenvalue weighted by atomic mass is 16.5. The van der Waals surface area contributed by atoms with Crippen molar-refractivity contribution in [2.45, 2.75) is 46.0 Å². The van der Waals surface area contributed by atoms with Crippen LogP contribution in [-0.4, -0.2) is 6.61 Å². The van der Waals surface area contributed by atoms with E-state index < -0.39 is 0 Å². The van der Waals surface area contributed by atoms with E-state index >= 15 is 0 Å². The van der Waals surface area contributed by atoms with E-state index in [0.717, 1.165) is 18.8 Å². The second kappa shape index (κ2) is 10.9. The number of ether oxygens (including phenoxy) is 1. The quantitative estimate of drug-likeness (QED) is 0.252. The number of hydrogen-bond acceptors (Lipinski definition) is 1. The normalized spacial score (nSPS) is 11.7. The van der Waals surface area contributed by atoms with Gasteiger partial charge in [-0.3, -0.25) is 0 Å². The van der Waals surface area contributed by atoms with Gasteiger partial charge in [0.15, 0.2) is 0 Å². The fraction of sp³-hybridized carbons (Fsp3) is 0.571. The van der Waals surface area contributed by atoms with Crippen LogP contribution >= 0.6 is 0 Å². The predicted octanol–water partition coefficient (Wildman–Crippen LogP) is 4.07. The molecule has 0 fully saturated rings. The van der Waals surface area contributed by atoms with Crippen molar-refractivity contribution < 1.29 is 4.74 Å². The summed E-state index contributed by atoms with van der Waals surface area (Å²) in [4.78, 5) is 0. The molecule has 0 aliphatic rings. The van der Waals surface area contributed by atoms with Gasteiger partial charge in [-0.1, -0.05) is 44.3 Å². The molecule has 0 aliphatic carbocycles. The highest BCUT2D eigenvalue weighted by Gasteiger charge is 1.94. The lowest BCUT2D eigenvalue weighted by Crippen LogP contribution is -1.94. The summed E-state index contributed by atoms with van der Waals surface area (Å²) in [5, 5.41) is 0. The standard InChI is InChI=1S/C14H22O/c1-4-7-9-10-13-15-14(11-6-3)12-8-5-2/h3,5,8,12H,4,7,9-11,13H2,1-2H3/b8-5-,14-12+. The zero-order valence-electron chi connectivity index (χ0n) is 9.96. The van der Waals surface area contributed by atoms with Gasteiger partial charge in [-0.2, -0.15) is 0 Å². The highest BCUT2D eigenvalue weighted by molar-refractivity contribution is 5.11. The Morgan fingerprint density at radius 1 is 1.33 bits per heavy atom. The zero-order valence-corrected chi connectivity index (χ0v) is 9.96. The first-order chi connectivity index (χ1) is 7.35. The second-order valence-corrected chi connectivity index (χ2v) is 3.45. The minimum Gasteiger partial charge on any atom is -0.497 e. The maximum Gasteiger partial charge on any atom is 0.108 e. The minimum absolute atomic E-state index is 0.581. The van der Waals surface area contributed by atoms with Crippen molar-refractivity contribution in [1.29, 1.82) is 0 Å². The van der Waals surface area contributed by atoms with Crippen molar-refractivity contribution in [2.24, 2.45) is 0 Å².